The Kier molecular flexibility index (Phi) is 4.91. The molecule has 0 aliphatic carbocycles. The highest BCUT2D eigenvalue weighted by Gasteiger charge is 2.35. The van der Waals surface area contributed by atoms with Gasteiger partial charge < -0.3 is 4.74 Å². The Balaban J connectivity index is 1.96. The summed E-state index contributed by atoms with van der Waals surface area (Å²) in [4.78, 5) is 14.3. The number of aryl methyl sites for hydroxylation is 1. The lowest BCUT2D eigenvalue weighted by atomic mass is 10.1. The van der Waals surface area contributed by atoms with Gasteiger partial charge in [-0.2, -0.15) is 0 Å². The van der Waals surface area contributed by atoms with Crippen molar-refractivity contribution < 1.29 is 9.53 Å². The fourth-order valence-electron chi connectivity index (χ4n) is 2.80. The van der Waals surface area contributed by atoms with E-state index in [1.807, 2.05) is 42.2 Å². The topological polar surface area (TPSA) is 29.5 Å². The van der Waals surface area contributed by atoms with Gasteiger partial charge >= 0.3 is 0 Å². The quantitative estimate of drug-likeness (QED) is 0.814. The number of para-hydroxylation sites is 1. The molecule has 4 heteroatoms. The first-order chi connectivity index (χ1) is 11.2. The molecule has 0 aromatic heterocycles. The summed E-state index contributed by atoms with van der Waals surface area (Å²) in [6.07, 6.45) is 1.000. The van der Waals surface area contributed by atoms with Crippen LogP contribution in [0.4, 0.5) is 5.69 Å². The van der Waals surface area contributed by atoms with Crippen molar-refractivity contribution in [3.05, 3.63) is 59.7 Å². The Bertz CT molecular complexity index is 684. The SMILES string of the molecule is CCOc1ccccc1[C@H]1SCC(=O)N1c1ccc(CC)cc1. The van der Waals surface area contributed by atoms with Crippen LogP contribution in [0.2, 0.25) is 0 Å². The van der Waals surface area contributed by atoms with Gasteiger partial charge in [-0.1, -0.05) is 37.3 Å². The predicted molar refractivity (Wildman–Crippen MR) is 96.1 cm³/mol. The summed E-state index contributed by atoms with van der Waals surface area (Å²) in [7, 11) is 0. The Morgan fingerprint density at radius 3 is 2.57 bits per heavy atom. The fourth-order valence-corrected chi connectivity index (χ4v) is 4.00. The van der Waals surface area contributed by atoms with Crippen molar-refractivity contribution in [3.8, 4) is 5.75 Å². The van der Waals surface area contributed by atoms with Gasteiger partial charge in [0.25, 0.3) is 0 Å². The van der Waals surface area contributed by atoms with E-state index in [-0.39, 0.29) is 11.3 Å². The number of amides is 1. The van der Waals surface area contributed by atoms with Gasteiger partial charge in [0.05, 0.1) is 12.4 Å². The van der Waals surface area contributed by atoms with Crippen LogP contribution in [0, 0.1) is 0 Å². The van der Waals surface area contributed by atoms with Crippen LogP contribution < -0.4 is 9.64 Å². The molecule has 3 nitrogen and oxygen atoms in total. The third kappa shape index (κ3) is 3.22. The smallest absolute Gasteiger partial charge is 0.238 e. The van der Waals surface area contributed by atoms with Crippen molar-refractivity contribution in [3.63, 3.8) is 0 Å². The van der Waals surface area contributed by atoms with Crippen LogP contribution in [-0.2, 0) is 11.2 Å². The first kappa shape index (κ1) is 15.9. The van der Waals surface area contributed by atoms with E-state index in [1.54, 1.807) is 11.8 Å². The first-order valence-electron chi connectivity index (χ1n) is 7.99. The molecule has 1 aliphatic rings. The molecule has 0 N–H and O–H groups in total. The number of benzene rings is 2. The minimum atomic E-state index is -0.0299. The van der Waals surface area contributed by atoms with Crippen LogP contribution in [0.3, 0.4) is 0 Å². The van der Waals surface area contributed by atoms with Gasteiger partial charge in [0.2, 0.25) is 5.91 Å². The summed E-state index contributed by atoms with van der Waals surface area (Å²) in [5.74, 6) is 1.51. The van der Waals surface area contributed by atoms with Gasteiger partial charge in [0.1, 0.15) is 11.1 Å². The van der Waals surface area contributed by atoms with E-state index in [0.717, 1.165) is 23.4 Å². The number of ether oxygens (including phenoxy) is 1. The van der Waals surface area contributed by atoms with Crippen molar-refractivity contribution in [2.24, 2.45) is 0 Å². The van der Waals surface area contributed by atoms with Crippen molar-refractivity contribution in [1.82, 2.24) is 0 Å². The Hall–Kier alpha value is -1.94. The average Bonchev–Trinajstić information content (AvgIpc) is 2.97. The number of carbonyl (C=O) groups is 1. The van der Waals surface area contributed by atoms with E-state index in [2.05, 4.69) is 25.1 Å². The van der Waals surface area contributed by atoms with Crippen LogP contribution in [0.15, 0.2) is 48.5 Å². The molecule has 0 spiro atoms. The largest absolute Gasteiger partial charge is 0.493 e. The second-order valence-electron chi connectivity index (χ2n) is 5.42. The van der Waals surface area contributed by atoms with Gasteiger partial charge in [-0.3, -0.25) is 9.69 Å². The van der Waals surface area contributed by atoms with Gasteiger partial charge in [0, 0.05) is 11.3 Å². The third-order valence-electron chi connectivity index (χ3n) is 3.98. The number of anilines is 1. The van der Waals surface area contributed by atoms with Crippen LogP contribution in [0.5, 0.6) is 5.75 Å². The molecule has 1 amide bonds. The molecule has 2 aromatic carbocycles. The fraction of sp³-hybridized carbons (Fsp3) is 0.316. The lowest BCUT2D eigenvalue weighted by Gasteiger charge is -2.26. The zero-order valence-corrected chi connectivity index (χ0v) is 14.3. The standard InChI is InChI=1S/C19H21NO2S/c1-3-14-9-11-15(12-10-14)20-18(21)13-23-19(20)16-7-5-6-8-17(16)22-4-2/h5-12,19H,3-4,13H2,1-2H3/t19-/m1/s1. The molecule has 23 heavy (non-hydrogen) atoms. The molecular formula is C19H21NO2S. The molecule has 1 fully saturated rings. The van der Waals surface area contributed by atoms with Gasteiger partial charge in [-0.05, 0) is 37.1 Å². The molecule has 0 unspecified atom stereocenters. The van der Waals surface area contributed by atoms with Gasteiger partial charge in [-0.15, -0.1) is 11.8 Å². The minimum absolute atomic E-state index is 0.0299. The molecule has 1 saturated heterocycles. The van der Waals surface area contributed by atoms with E-state index in [4.69, 9.17) is 4.74 Å². The van der Waals surface area contributed by atoms with Crippen LogP contribution >= 0.6 is 11.8 Å². The average molecular weight is 327 g/mol. The molecule has 120 valence electrons. The molecule has 1 heterocycles. The lowest BCUT2D eigenvalue weighted by molar-refractivity contribution is -0.115. The third-order valence-corrected chi connectivity index (χ3v) is 5.17. The Morgan fingerprint density at radius 2 is 1.87 bits per heavy atom. The zero-order valence-electron chi connectivity index (χ0n) is 13.5. The second kappa shape index (κ2) is 7.09. The Labute approximate surface area is 141 Å². The monoisotopic (exact) mass is 327 g/mol. The second-order valence-corrected chi connectivity index (χ2v) is 6.49. The van der Waals surface area contributed by atoms with Crippen molar-refractivity contribution in [2.75, 3.05) is 17.3 Å². The molecule has 0 bridgehead atoms. The zero-order chi connectivity index (χ0) is 16.2. The molecule has 0 saturated carbocycles. The number of thioether (sulfide) groups is 1. The van der Waals surface area contributed by atoms with Crippen LogP contribution in [0.25, 0.3) is 0 Å². The summed E-state index contributed by atoms with van der Waals surface area (Å²) in [6, 6.07) is 16.3. The maximum absolute atomic E-state index is 12.4. The summed E-state index contributed by atoms with van der Waals surface area (Å²) in [6.45, 7) is 4.73. The summed E-state index contributed by atoms with van der Waals surface area (Å²) >= 11 is 1.65. The summed E-state index contributed by atoms with van der Waals surface area (Å²) in [5, 5.41) is -0.0299. The highest BCUT2D eigenvalue weighted by atomic mass is 32.2. The molecule has 1 atom stereocenters. The van der Waals surface area contributed by atoms with Crippen molar-refractivity contribution in [2.45, 2.75) is 25.6 Å². The van der Waals surface area contributed by atoms with E-state index in [0.29, 0.717) is 12.4 Å². The number of nitrogens with zero attached hydrogens (tertiary/aromatic N) is 1. The van der Waals surface area contributed by atoms with E-state index in [1.165, 1.54) is 5.56 Å². The van der Waals surface area contributed by atoms with Gasteiger partial charge in [-0.25, -0.2) is 0 Å². The lowest BCUT2D eigenvalue weighted by Crippen LogP contribution is -2.28. The van der Waals surface area contributed by atoms with E-state index in [9.17, 15) is 4.79 Å². The van der Waals surface area contributed by atoms with Crippen LogP contribution in [-0.4, -0.2) is 18.3 Å². The normalized spacial score (nSPS) is 17.6. The minimum Gasteiger partial charge on any atom is -0.493 e. The number of hydrogen-bond donors (Lipinski definition) is 0. The maximum Gasteiger partial charge on any atom is 0.238 e. The number of carbonyl (C=O) groups excluding carboxylic acids is 1. The number of rotatable bonds is 5. The highest BCUT2D eigenvalue weighted by Crippen LogP contribution is 2.44. The molecule has 3 rings (SSSR count). The van der Waals surface area contributed by atoms with Gasteiger partial charge in [0.15, 0.2) is 0 Å². The Morgan fingerprint density at radius 1 is 1.13 bits per heavy atom. The van der Waals surface area contributed by atoms with E-state index < -0.39 is 0 Å². The van der Waals surface area contributed by atoms with E-state index >= 15 is 0 Å². The van der Waals surface area contributed by atoms with Crippen molar-refractivity contribution >= 4 is 23.4 Å². The van der Waals surface area contributed by atoms with Crippen molar-refractivity contribution in [1.29, 1.82) is 0 Å². The number of hydrogen-bond acceptors (Lipinski definition) is 3. The molecular weight excluding hydrogens is 306 g/mol. The summed E-state index contributed by atoms with van der Waals surface area (Å²) < 4.78 is 5.75. The summed E-state index contributed by atoms with van der Waals surface area (Å²) in [5.41, 5.74) is 3.29. The first-order valence-corrected chi connectivity index (χ1v) is 9.03. The van der Waals surface area contributed by atoms with Crippen LogP contribution in [0.1, 0.15) is 30.3 Å². The maximum atomic E-state index is 12.4. The molecule has 1 aliphatic heterocycles. The molecule has 2 aromatic rings. The molecule has 0 radical (unpaired) electrons. The predicted octanol–water partition coefficient (Wildman–Crippen LogP) is 4.43. The highest BCUT2D eigenvalue weighted by molar-refractivity contribution is 8.00.